The Bertz CT molecular complexity index is 1920. The number of benzene rings is 5. The summed E-state index contributed by atoms with van der Waals surface area (Å²) in [5.41, 5.74) is 6.66. The highest BCUT2D eigenvalue weighted by Gasteiger charge is 2.14. The van der Waals surface area contributed by atoms with Crippen LogP contribution in [0, 0.1) is 0 Å². The van der Waals surface area contributed by atoms with Crippen LogP contribution in [-0.2, 0) is 0 Å². The molecule has 0 unspecified atom stereocenters. The zero-order chi connectivity index (χ0) is 24.2. The molecule has 0 aliphatic rings. The molecular weight excluding hydrogens is 444 g/mol. The highest BCUT2D eigenvalue weighted by molar-refractivity contribution is 6.06. The van der Waals surface area contributed by atoms with Gasteiger partial charge >= 0.3 is 0 Å². The van der Waals surface area contributed by atoms with Crippen molar-refractivity contribution in [2.75, 3.05) is 0 Å². The predicted molar refractivity (Wildman–Crippen MR) is 149 cm³/mol. The quantitative estimate of drug-likeness (QED) is 0.270. The van der Waals surface area contributed by atoms with Crippen molar-refractivity contribution < 1.29 is 0 Å². The van der Waals surface area contributed by atoms with Gasteiger partial charge in [-0.2, -0.15) is 0 Å². The smallest absolute Gasteiger partial charge is 0.197 e. The number of hydrogen-bond acceptors (Lipinski definition) is 2. The normalized spacial score (nSPS) is 11.6. The fraction of sp³-hybridized carbons (Fsp3) is 0. The molecule has 7 rings (SSSR count). The standard InChI is InChI=1S/C32H20N2O2/c35-31-23-15-7-13-21(19-9-3-1-4-10-19)29(23)33-27-17-26-28(18-25(27)31)34-30-22(20-11-5-2-6-12-20)14-8-16-24(30)32(26)36/h1-18H,(H,33,35)(H,34,36). The van der Waals surface area contributed by atoms with Crippen molar-refractivity contribution in [2.24, 2.45) is 0 Å². The molecule has 5 aromatic carbocycles. The van der Waals surface area contributed by atoms with Crippen LogP contribution in [0.2, 0.25) is 0 Å². The lowest BCUT2D eigenvalue weighted by molar-refractivity contribution is 1.45. The fourth-order valence-electron chi connectivity index (χ4n) is 5.21. The molecule has 0 amide bonds. The Kier molecular flexibility index (Phi) is 4.42. The van der Waals surface area contributed by atoms with Crippen molar-refractivity contribution in [3.05, 3.63) is 130 Å². The lowest BCUT2D eigenvalue weighted by Gasteiger charge is -2.11. The third kappa shape index (κ3) is 3.01. The van der Waals surface area contributed by atoms with E-state index in [0.29, 0.717) is 32.6 Å². The molecule has 7 aromatic rings. The lowest BCUT2D eigenvalue weighted by atomic mass is 9.98. The summed E-state index contributed by atoms with van der Waals surface area (Å²) in [6.07, 6.45) is 0. The van der Waals surface area contributed by atoms with Crippen LogP contribution in [0.5, 0.6) is 0 Å². The van der Waals surface area contributed by atoms with Crippen LogP contribution in [0.4, 0.5) is 0 Å². The first-order valence-electron chi connectivity index (χ1n) is 11.9. The first-order chi connectivity index (χ1) is 17.7. The van der Waals surface area contributed by atoms with Gasteiger partial charge in [0, 0.05) is 32.7 Å². The molecule has 2 heterocycles. The van der Waals surface area contributed by atoms with Gasteiger partial charge in [0.2, 0.25) is 0 Å². The maximum Gasteiger partial charge on any atom is 0.197 e. The summed E-state index contributed by atoms with van der Waals surface area (Å²) in [4.78, 5) is 34.2. The summed E-state index contributed by atoms with van der Waals surface area (Å²) >= 11 is 0. The van der Waals surface area contributed by atoms with Crippen LogP contribution in [-0.4, -0.2) is 9.97 Å². The second kappa shape index (κ2) is 7.79. The average Bonchev–Trinajstić information content (AvgIpc) is 2.93. The Morgan fingerprint density at radius 3 is 1.25 bits per heavy atom. The van der Waals surface area contributed by atoms with Gasteiger partial charge in [-0.1, -0.05) is 84.9 Å². The second-order valence-electron chi connectivity index (χ2n) is 9.04. The lowest BCUT2D eigenvalue weighted by Crippen LogP contribution is -2.09. The number of pyridine rings is 2. The number of aromatic amines is 2. The molecule has 2 aromatic heterocycles. The van der Waals surface area contributed by atoms with E-state index in [0.717, 1.165) is 33.3 Å². The molecule has 0 atom stereocenters. The van der Waals surface area contributed by atoms with Gasteiger partial charge in [-0.15, -0.1) is 0 Å². The Labute approximate surface area is 205 Å². The number of aromatic nitrogens is 2. The SMILES string of the molecule is O=c1c2cc3[nH]c4c(-c5ccccc5)cccc4c(=O)c3cc2[nH]c2c(-c3ccccc3)cccc12. The maximum absolute atomic E-state index is 13.6. The first-order valence-corrected chi connectivity index (χ1v) is 11.9. The number of hydrogen-bond donors (Lipinski definition) is 2. The van der Waals surface area contributed by atoms with Crippen LogP contribution < -0.4 is 10.9 Å². The topological polar surface area (TPSA) is 65.7 Å². The maximum atomic E-state index is 13.6. The van der Waals surface area contributed by atoms with E-state index in [1.165, 1.54) is 0 Å². The van der Waals surface area contributed by atoms with E-state index in [1.807, 2.05) is 97.1 Å². The van der Waals surface area contributed by atoms with E-state index in [1.54, 1.807) is 12.1 Å². The van der Waals surface area contributed by atoms with E-state index in [2.05, 4.69) is 9.97 Å². The Balaban J connectivity index is 1.57. The van der Waals surface area contributed by atoms with Crippen molar-refractivity contribution >= 4 is 43.6 Å². The molecular formula is C32H20N2O2. The van der Waals surface area contributed by atoms with Crippen molar-refractivity contribution in [1.29, 1.82) is 0 Å². The predicted octanol–water partition coefficient (Wildman–Crippen LogP) is 7.01. The number of rotatable bonds is 2. The molecule has 0 fully saturated rings. The molecule has 4 heteroatoms. The zero-order valence-corrected chi connectivity index (χ0v) is 19.2. The molecule has 0 bridgehead atoms. The summed E-state index contributed by atoms with van der Waals surface area (Å²) < 4.78 is 0. The molecule has 170 valence electrons. The van der Waals surface area contributed by atoms with E-state index >= 15 is 0 Å². The first kappa shape index (κ1) is 20.4. The largest absolute Gasteiger partial charge is 0.354 e. The number of nitrogens with one attached hydrogen (secondary N) is 2. The van der Waals surface area contributed by atoms with Crippen LogP contribution in [0.15, 0.2) is 119 Å². The van der Waals surface area contributed by atoms with Gasteiger partial charge < -0.3 is 9.97 Å². The van der Waals surface area contributed by atoms with E-state index in [4.69, 9.17) is 0 Å². The molecule has 2 N–H and O–H groups in total. The van der Waals surface area contributed by atoms with E-state index in [9.17, 15) is 9.59 Å². The summed E-state index contributed by atoms with van der Waals surface area (Å²) in [6.45, 7) is 0. The van der Waals surface area contributed by atoms with Gasteiger partial charge in [0.25, 0.3) is 0 Å². The number of para-hydroxylation sites is 2. The summed E-state index contributed by atoms with van der Waals surface area (Å²) in [5.74, 6) is 0. The van der Waals surface area contributed by atoms with Gasteiger partial charge in [-0.05, 0) is 35.4 Å². The number of H-pyrrole nitrogens is 2. The van der Waals surface area contributed by atoms with Crippen molar-refractivity contribution in [3.63, 3.8) is 0 Å². The Hall–Kier alpha value is -4.96. The molecule has 36 heavy (non-hydrogen) atoms. The minimum absolute atomic E-state index is 0.0595. The van der Waals surface area contributed by atoms with Crippen LogP contribution in [0.1, 0.15) is 0 Å². The molecule has 0 aliphatic carbocycles. The van der Waals surface area contributed by atoms with Crippen molar-refractivity contribution in [1.82, 2.24) is 9.97 Å². The van der Waals surface area contributed by atoms with Crippen LogP contribution in [0.25, 0.3) is 65.9 Å². The summed E-state index contributed by atoms with van der Waals surface area (Å²) in [7, 11) is 0. The second-order valence-corrected chi connectivity index (χ2v) is 9.04. The molecule has 0 aliphatic heterocycles. The molecule has 4 nitrogen and oxygen atoms in total. The third-order valence-corrected chi connectivity index (χ3v) is 6.95. The van der Waals surface area contributed by atoms with Gasteiger partial charge in [-0.3, -0.25) is 9.59 Å². The molecule has 0 spiro atoms. The summed E-state index contributed by atoms with van der Waals surface area (Å²) in [6, 6.07) is 35.1. The van der Waals surface area contributed by atoms with E-state index < -0.39 is 0 Å². The zero-order valence-electron chi connectivity index (χ0n) is 19.2. The summed E-state index contributed by atoms with van der Waals surface area (Å²) in [5, 5.41) is 2.34. The fourth-order valence-corrected chi connectivity index (χ4v) is 5.21. The van der Waals surface area contributed by atoms with Crippen LogP contribution in [0.3, 0.4) is 0 Å². The molecule has 0 radical (unpaired) electrons. The highest BCUT2D eigenvalue weighted by atomic mass is 16.1. The van der Waals surface area contributed by atoms with E-state index in [-0.39, 0.29) is 10.9 Å². The molecule has 0 saturated heterocycles. The van der Waals surface area contributed by atoms with Gasteiger partial charge in [0.1, 0.15) is 0 Å². The van der Waals surface area contributed by atoms with Gasteiger partial charge in [0.15, 0.2) is 10.9 Å². The van der Waals surface area contributed by atoms with Crippen molar-refractivity contribution in [2.45, 2.75) is 0 Å². The number of fused-ring (bicyclic) bond motifs is 4. The van der Waals surface area contributed by atoms with Crippen molar-refractivity contribution in [3.8, 4) is 22.3 Å². The third-order valence-electron chi connectivity index (χ3n) is 6.95. The Morgan fingerprint density at radius 2 is 0.833 bits per heavy atom. The van der Waals surface area contributed by atoms with Gasteiger partial charge in [0.05, 0.1) is 22.1 Å². The average molecular weight is 465 g/mol. The minimum atomic E-state index is -0.0595. The Morgan fingerprint density at radius 1 is 0.417 bits per heavy atom. The minimum Gasteiger partial charge on any atom is -0.354 e. The van der Waals surface area contributed by atoms with Crippen LogP contribution >= 0.6 is 0 Å². The monoisotopic (exact) mass is 464 g/mol. The highest BCUT2D eigenvalue weighted by Crippen LogP contribution is 2.30. The molecule has 0 saturated carbocycles. The van der Waals surface area contributed by atoms with Gasteiger partial charge in [-0.25, -0.2) is 0 Å².